The van der Waals surface area contributed by atoms with Crippen molar-refractivity contribution in [2.24, 2.45) is 0 Å². The third-order valence-corrected chi connectivity index (χ3v) is 3.36. The van der Waals surface area contributed by atoms with E-state index < -0.39 is 0 Å². The largest absolute Gasteiger partial charge is 0.299 e. The molecular formula is C12H18N2S. The van der Waals surface area contributed by atoms with Crippen LogP contribution in [-0.4, -0.2) is 11.0 Å². The van der Waals surface area contributed by atoms with Crippen LogP contribution in [0.4, 0.5) is 0 Å². The fraction of sp³-hybridized carbons (Fsp3) is 0.583. The molecule has 3 heteroatoms. The molecule has 0 aliphatic carbocycles. The summed E-state index contributed by atoms with van der Waals surface area (Å²) in [6.45, 7) is 7.07. The van der Waals surface area contributed by atoms with Crippen molar-refractivity contribution in [3.63, 3.8) is 0 Å². The van der Waals surface area contributed by atoms with Crippen LogP contribution in [0.2, 0.25) is 0 Å². The molecule has 2 nitrogen and oxygen atoms in total. The van der Waals surface area contributed by atoms with Crippen LogP contribution in [0.3, 0.4) is 0 Å². The van der Waals surface area contributed by atoms with Gasteiger partial charge >= 0.3 is 0 Å². The first-order valence-electron chi connectivity index (χ1n) is 5.29. The van der Waals surface area contributed by atoms with Crippen molar-refractivity contribution < 1.29 is 0 Å². The quantitative estimate of drug-likeness (QED) is 0.775. The number of aromatic nitrogens is 1. The Hall–Kier alpha value is -0.850. The summed E-state index contributed by atoms with van der Waals surface area (Å²) in [7, 11) is 0. The lowest BCUT2D eigenvalue weighted by molar-refractivity contribution is 0.565. The van der Waals surface area contributed by atoms with Crippen LogP contribution in [0, 0.1) is 26.2 Å². The highest BCUT2D eigenvalue weighted by Crippen LogP contribution is 2.16. The van der Waals surface area contributed by atoms with Crippen molar-refractivity contribution in [1.82, 2.24) is 10.3 Å². The zero-order valence-corrected chi connectivity index (χ0v) is 10.4. The summed E-state index contributed by atoms with van der Waals surface area (Å²) in [4.78, 5) is 5.68. The second kappa shape index (κ2) is 5.89. The van der Waals surface area contributed by atoms with Gasteiger partial charge in [0.15, 0.2) is 0 Å². The lowest BCUT2D eigenvalue weighted by atomic mass is 10.2. The minimum absolute atomic E-state index is 0.191. The Morgan fingerprint density at radius 2 is 2.27 bits per heavy atom. The number of hydrogen-bond donors (Lipinski definition) is 1. The maximum Gasteiger partial charge on any atom is 0.0900 e. The molecule has 0 aliphatic heterocycles. The van der Waals surface area contributed by atoms with Crippen molar-refractivity contribution in [2.75, 3.05) is 0 Å². The second-order valence-electron chi connectivity index (χ2n) is 3.63. The van der Waals surface area contributed by atoms with Gasteiger partial charge in [-0.2, -0.15) is 0 Å². The van der Waals surface area contributed by atoms with Gasteiger partial charge in [-0.15, -0.1) is 17.8 Å². The molecule has 0 aromatic carbocycles. The highest BCUT2D eigenvalue weighted by atomic mass is 32.1. The van der Waals surface area contributed by atoms with Gasteiger partial charge in [0.05, 0.1) is 16.7 Å². The lowest BCUT2D eigenvalue weighted by Gasteiger charge is -2.10. The average Bonchev–Trinajstić information content (AvgIpc) is 2.52. The average molecular weight is 222 g/mol. The van der Waals surface area contributed by atoms with Crippen LogP contribution in [0.15, 0.2) is 0 Å². The van der Waals surface area contributed by atoms with Gasteiger partial charge in [-0.25, -0.2) is 4.98 Å². The Bertz CT molecular complexity index is 349. The number of nitrogens with one attached hydrogen (secondary N) is 1. The van der Waals surface area contributed by atoms with Gasteiger partial charge in [0, 0.05) is 11.4 Å². The van der Waals surface area contributed by atoms with E-state index in [1.54, 1.807) is 11.3 Å². The maximum atomic E-state index is 5.44. The van der Waals surface area contributed by atoms with Crippen molar-refractivity contribution in [3.8, 4) is 12.3 Å². The molecule has 1 heterocycles. The number of nitrogens with zero attached hydrogens (tertiary/aromatic N) is 1. The van der Waals surface area contributed by atoms with E-state index in [1.807, 2.05) is 13.8 Å². The number of aryl methyl sites for hydroxylation is 2. The maximum absolute atomic E-state index is 5.44. The molecule has 1 aromatic heterocycles. The van der Waals surface area contributed by atoms with Crippen LogP contribution in [0.25, 0.3) is 0 Å². The molecule has 82 valence electrons. The highest BCUT2D eigenvalue weighted by Gasteiger charge is 2.07. The minimum atomic E-state index is 0.191. The number of hydrogen-bond acceptors (Lipinski definition) is 3. The van der Waals surface area contributed by atoms with Gasteiger partial charge < -0.3 is 0 Å². The van der Waals surface area contributed by atoms with E-state index in [0.29, 0.717) is 0 Å². The number of terminal acetylenes is 1. The third-order valence-electron chi connectivity index (χ3n) is 2.29. The van der Waals surface area contributed by atoms with Crippen molar-refractivity contribution in [2.45, 2.75) is 46.2 Å². The van der Waals surface area contributed by atoms with Gasteiger partial charge in [-0.1, -0.05) is 19.3 Å². The minimum Gasteiger partial charge on any atom is -0.299 e. The molecule has 0 saturated heterocycles. The standard InChI is InChI=1S/C12H18N2S/c1-5-7-11(6-2)13-8-12-9(3)14-10(4)15-12/h2,11,13H,5,7-8H2,1,3-4H3. The Morgan fingerprint density at radius 3 is 2.73 bits per heavy atom. The fourth-order valence-corrected chi connectivity index (χ4v) is 2.37. The SMILES string of the molecule is C#CC(CCC)NCc1sc(C)nc1C. The Balaban J connectivity index is 2.49. The van der Waals surface area contributed by atoms with Crippen molar-refractivity contribution >= 4 is 11.3 Å². The third kappa shape index (κ3) is 3.65. The first-order valence-corrected chi connectivity index (χ1v) is 6.11. The summed E-state index contributed by atoms with van der Waals surface area (Å²) in [5.74, 6) is 2.77. The summed E-state index contributed by atoms with van der Waals surface area (Å²) < 4.78 is 0. The zero-order valence-electron chi connectivity index (χ0n) is 9.63. The summed E-state index contributed by atoms with van der Waals surface area (Å²) in [5, 5.41) is 4.50. The molecule has 0 radical (unpaired) electrons. The molecule has 0 amide bonds. The lowest BCUT2D eigenvalue weighted by Crippen LogP contribution is -2.26. The molecule has 0 fully saturated rings. The molecule has 1 rings (SSSR count). The summed E-state index contributed by atoms with van der Waals surface area (Å²) >= 11 is 1.74. The van der Waals surface area contributed by atoms with Gasteiger partial charge in [0.25, 0.3) is 0 Å². The molecule has 1 atom stereocenters. The van der Waals surface area contributed by atoms with E-state index in [4.69, 9.17) is 6.42 Å². The summed E-state index contributed by atoms with van der Waals surface area (Å²) in [6, 6.07) is 0.191. The normalized spacial score (nSPS) is 12.4. The van der Waals surface area contributed by atoms with E-state index in [0.717, 1.165) is 30.1 Å². The van der Waals surface area contributed by atoms with Gasteiger partial charge in [0.2, 0.25) is 0 Å². The molecule has 15 heavy (non-hydrogen) atoms. The van der Waals surface area contributed by atoms with Gasteiger partial charge in [0.1, 0.15) is 0 Å². The predicted molar refractivity (Wildman–Crippen MR) is 66.0 cm³/mol. The molecule has 1 N–H and O–H groups in total. The summed E-state index contributed by atoms with van der Waals surface area (Å²) in [5.41, 5.74) is 1.12. The number of rotatable bonds is 5. The van der Waals surface area contributed by atoms with E-state index in [9.17, 15) is 0 Å². The predicted octanol–water partition coefficient (Wildman–Crippen LogP) is 2.65. The monoisotopic (exact) mass is 222 g/mol. The van der Waals surface area contributed by atoms with Crippen molar-refractivity contribution in [1.29, 1.82) is 0 Å². The van der Waals surface area contributed by atoms with E-state index in [-0.39, 0.29) is 6.04 Å². The Kier molecular flexibility index (Phi) is 4.80. The van der Waals surface area contributed by atoms with Gasteiger partial charge in [-0.3, -0.25) is 5.32 Å². The smallest absolute Gasteiger partial charge is 0.0900 e. The molecular weight excluding hydrogens is 204 g/mol. The first kappa shape index (κ1) is 12.2. The van der Waals surface area contributed by atoms with E-state index in [2.05, 4.69) is 23.1 Å². The highest BCUT2D eigenvalue weighted by molar-refractivity contribution is 7.11. The van der Waals surface area contributed by atoms with E-state index >= 15 is 0 Å². The van der Waals surface area contributed by atoms with Crippen LogP contribution in [0.5, 0.6) is 0 Å². The van der Waals surface area contributed by atoms with E-state index in [1.165, 1.54) is 4.88 Å². The topological polar surface area (TPSA) is 24.9 Å². The first-order chi connectivity index (χ1) is 7.17. The molecule has 0 bridgehead atoms. The van der Waals surface area contributed by atoms with Crippen molar-refractivity contribution in [3.05, 3.63) is 15.6 Å². The van der Waals surface area contributed by atoms with Crippen LogP contribution in [-0.2, 0) is 6.54 Å². The van der Waals surface area contributed by atoms with Crippen LogP contribution in [0.1, 0.15) is 35.3 Å². The molecule has 1 unspecified atom stereocenters. The van der Waals surface area contributed by atoms with Gasteiger partial charge in [-0.05, 0) is 20.3 Å². The van der Waals surface area contributed by atoms with Crippen LogP contribution >= 0.6 is 11.3 Å². The molecule has 0 spiro atoms. The Labute approximate surface area is 96.1 Å². The fourth-order valence-electron chi connectivity index (χ4n) is 1.49. The van der Waals surface area contributed by atoms with Crippen LogP contribution < -0.4 is 5.32 Å². The molecule has 0 saturated carbocycles. The number of thiazole rings is 1. The molecule has 0 aliphatic rings. The second-order valence-corrected chi connectivity index (χ2v) is 4.92. The Morgan fingerprint density at radius 1 is 1.53 bits per heavy atom. The summed E-state index contributed by atoms with van der Waals surface area (Å²) in [6.07, 6.45) is 7.59. The zero-order chi connectivity index (χ0) is 11.3. The molecule has 1 aromatic rings.